The van der Waals surface area contributed by atoms with Crippen LogP contribution in [0.2, 0.25) is 0 Å². The number of aliphatic hydroxyl groups is 1. The smallest absolute Gasteiger partial charge is 0.389 e. The number of nitrogens with zero attached hydrogens (tertiary/aromatic N) is 5. The number of halogens is 3. The van der Waals surface area contributed by atoms with Crippen molar-refractivity contribution in [3.8, 4) is 0 Å². The van der Waals surface area contributed by atoms with Crippen LogP contribution in [0.5, 0.6) is 0 Å². The molecule has 2 saturated heterocycles. The largest absolute Gasteiger partial charge is 0.433 e. The summed E-state index contributed by atoms with van der Waals surface area (Å²) < 4.78 is 66.6. The summed E-state index contributed by atoms with van der Waals surface area (Å²) in [4.78, 5) is 15.8. The number of fused-ring (bicyclic) bond motifs is 2. The minimum Gasteiger partial charge on any atom is -0.389 e. The summed E-state index contributed by atoms with van der Waals surface area (Å²) in [6, 6.07) is 1.09. The van der Waals surface area contributed by atoms with E-state index in [2.05, 4.69) is 15.0 Å². The Hall–Kier alpha value is -1.60. The van der Waals surface area contributed by atoms with Gasteiger partial charge in [-0.25, -0.2) is 13.4 Å². The van der Waals surface area contributed by atoms with E-state index in [9.17, 15) is 26.7 Å². The molecule has 0 bridgehead atoms. The van der Waals surface area contributed by atoms with E-state index in [1.165, 1.54) is 16.7 Å². The Balaban J connectivity index is 1.13. The predicted molar refractivity (Wildman–Crippen MR) is 123 cm³/mol. The third-order valence-corrected chi connectivity index (χ3v) is 11.4. The van der Waals surface area contributed by atoms with Crippen LogP contribution in [-0.2, 0) is 16.0 Å². The topological polar surface area (TPSA) is 99.0 Å². The van der Waals surface area contributed by atoms with Crippen molar-refractivity contribution in [2.45, 2.75) is 49.3 Å². The molecule has 1 N–H and O–H groups in total. The summed E-state index contributed by atoms with van der Waals surface area (Å²) in [6.45, 7) is 1.36. The van der Waals surface area contributed by atoms with Gasteiger partial charge in [-0.2, -0.15) is 18.2 Å². The number of rotatable bonds is 4. The Labute approximate surface area is 199 Å². The standard InChI is InChI=1S/C21H26F3N5O3S2/c22-21(23,24)17-5-18(27-19(26-17)29-6-11(30)7-29)28-8-12-13(9-28)14(12)10-34(31,32)20-25-15-3-1-2-4-16(15)33-20/h5,11-16,30H,1-4,6-10H2/t12-,13+,14?,15?,16?. The molecule has 186 valence electrons. The SMILES string of the molecule is O=S(=O)(CC1[C@H]2CN(c3cc(C(F)(F)F)nc(N4CC(O)C4)n3)C[C@@H]12)C1=NC2CCCCC2S1. The lowest BCUT2D eigenvalue weighted by atomic mass is 9.96. The van der Waals surface area contributed by atoms with Crippen molar-refractivity contribution in [1.82, 2.24) is 9.97 Å². The maximum Gasteiger partial charge on any atom is 0.433 e. The van der Waals surface area contributed by atoms with E-state index in [1.807, 2.05) is 0 Å². The Morgan fingerprint density at radius 2 is 1.76 bits per heavy atom. The summed E-state index contributed by atoms with van der Waals surface area (Å²) in [7, 11) is -3.43. The van der Waals surface area contributed by atoms with E-state index >= 15 is 0 Å². The molecule has 3 unspecified atom stereocenters. The number of aliphatic hydroxyl groups excluding tert-OH is 1. The highest BCUT2D eigenvalue weighted by Crippen LogP contribution is 2.54. The van der Waals surface area contributed by atoms with Crippen LogP contribution in [0.15, 0.2) is 11.1 Å². The molecule has 5 aliphatic rings. The number of sulfone groups is 1. The molecule has 0 spiro atoms. The fourth-order valence-electron chi connectivity index (χ4n) is 5.71. The molecule has 13 heteroatoms. The summed E-state index contributed by atoms with van der Waals surface area (Å²) >= 11 is 1.42. The van der Waals surface area contributed by atoms with Crippen molar-refractivity contribution >= 4 is 37.7 Å². The van der Waals surface area contributed by atoms with E-state index in [4.69, 9.17) is 0 Å². The lowest BCUT2D eigenvalue weighted by molar-refractivity contribution is -0.141. The number of hydrogen-bond donors (Lipinski definition) is 1. The van der Waals surface area contributed by atoms with E-state index < -0.39 is 27.8 Å². The van der Waals surface area contributed by atoms with Crippen LogP contribution >= 0.6 is 11.8 Å². The highest BCUT2D eigenvalue weighted by Gasteiger charge is 2.58. The number of hydrogen-bond acceptors (Lipinski definition) is 9. The fourth-order valence-corrected chi connectivity index (χ4v) is 9.40. The summed E-state index contributed by atoms with van der Waals surface area (Å²) in [6.07, 6.45) is -1.00. The zero-order valence-corrected chi connectivity index (χ0v) is 20.0. The molecule has 34 heavy (non-hydrogen) atoms. The van der Waals surface area contributed by atoms with Crippen LogP contribution in [0.25, 0.3) is 0 Å². The van der Waals surface area contributed by atoms with Crippen LogP contribution in [0, 0.1) is 17.8 Å². The molecule has 0 aromatic carbocycles. The molecule has 3 aliphatic heterocycles. The molecule has 5 atom stereocenters. The molecular weight excluding hydrogens is 491 g/mol. The lowest BCUT2D eigenvalue weighted by Crippen LogP contribution is -2.51. The van der Waals surface area contributed by atoms with Crippen molar-refractivity contribution in [2.24, 2.45) is 22.7 Å². The third-order valence-electron chi connectivity index (χ3n) is 7.70. The quantitative estimate of drug-likeness (QED) is 0.649. The average molecular weight is 518 g/mol. The zero-order valence-electron chi connectivity index (χ0n) is 18.4. The zero-order chi connectivity index (χ0) is 23.8. The van der Waals surface area contributed by atoms with Crippen LogP contribution in [-0.4, -0.2) is 77.2 Å². The van der Waals surface area contributed by atoms with E-state index in [0.29, 0.717) is 17.5 Å². The van der Waals surface area contributed by atoms with Gasteiger partial charge in [-0.3, -0.25) is 4.99 Å². The summed E-state index contributed by atoms with van der Waals surface area (Å²) in [5.41, 5.74) is -1.01. The first-order chi connectivity index (χ1) is 16.1. The normalized spacial score (nSPS) is 33.4. The molecule has 0 radical (unpaired) electrons. The molecule has 6 rings (SSSR count). The number of piperidine rings is 1. The second-order valence-electron chi connectivity index (χ2n) is 10.0. The van der Waals surface area contributed by atoms with Gasteiger partial charge in [-0.1, -0.05) is 24.6 Å². The van der Waals surface area contributed by atoms with Gasteiger partial charge in [0.25, 0.3) is 0 Å². The summed E-state index contributed by atoms with van der Waals surface area (Å²) in [5.74, 6) is 0.502. The molecule has 4 fully saturated rings. The number of anilines is 2. The van der Waals surface area contributed by atoms with Crippen LogP contribution in [0.1, 0.15) is 31.4 Å². The minimum absolute atomic E-state index is 0.0149. The maximum absolute atomic E-state index is 13.4. The van der Waals surface area contributed by atoms with Gasteiger partial charge in [0, 0.05) is 37.5 Å². The molecule has 1 aromatic heterocycles. The fraction of sp³-hybridized carbons (Fsp3) is 0.762. The van der Waals surface area contributed by atoms with Crippen molar-refractivity contribution in [1.29, 1.82) is 0 Å². The highest BCUT2D eigenvalue weighted by molar-refractivity contribution is 8.35. The molecule has 8 nitrogen and oxygen atoms in total. The van der Waals surface area contributed by atoms with Crippen LogP contribution < -0.4 is 9.80 Å². The van der Waals surface area contributed by atoms with Gasteiger partial charge in [0.2, 0.25) is 15.8 Å². The van der Waals surface area contributed by atoms with Gasteiger partial charge in [0.05, 0.1) is 17.9 Å². The molecule has 4 heterocycles. The van der Waals surface area contributed by atoms with Crippen molar-refractivity contribution in [3.05, 3.63) is 11.8 Å². The average Bonchev–Trinajstić information content (AvgIpc) is 3.15. The first-order valence-electron chi connectivity index (χ1n) is 11.7. The van der Waals surface area contributed by atoms with Gasteiger partial charge < -0.3 is 14.9 Å². The maximum atomic E-state index is 13.4. The van der Waals surface area contributed by atoms with Gasteiger partial charge in [-0.15, -0.1) is 0 Å². The number of alkyl halides is 3. The van der Waals surface area contributed by atoms with Gasteiger partial charge in [-0.05, 0) is 30.6 Å². The summed E-state index contributed by atoms with van der Waals surface area (Å²) in [5, 5.41) is 9.79. The number of β-amino-alcohol motifs (C(OH)–C–C–N with tert-alkyl or cyclic N) is 1. The third kappa shape index (κ3) is 4.06. The second kappa shape index (κ2) is 7.95. The van der Waals surface area contributed by atoms with Crippen molar-refractivity contribution < 1.29 is 26.7 Å². The van der Waals surface area contributed by atoms with Crippen molar-refractivity contribution in [2.75, 3.05) is 41.7 Å². The molecule has 0 amide bonds. The van der Waals surface area contributed by atoms with Crippen molar-refractivity contribution in [3.63, 3.8) is 0 Å². The van der Waals surface area contributed by atoms with Crippen LogP contribution in [0.3, 0.4) is 0 Å². The van der Waals surface area contributed by atoms with E-state index in [0.717, 1.165) is 31.7 Å². The molecule has 2 saturated carbocycles. The Morgan fingerprint density at radius 1 is 1.06 bits per heavy atom. The second-order valence-corrected chi connectivity index (χ2v) is 13.5. The monoisotopic (exact) mass is 517 g/mol. The molecule has 2 aliphatic carbocycles. The Morgan fingerprint density at radius 3 is 2.41 bits per heavy atom. The minimum atomic E-state index is -4.61. The highest BCUT2D eigenvalue weighted by atomic mass is 32.3. The van der Waals surface area contributed by atoms with Gasteiger partial charge >= 0.3 is 6.18 Å². The number of aromatic nitrogens is 2. The molecular formula is C21H26F3N5O3S2. The Bertz CT molecular complexity index is 1110. The lowest BCUT2D eigenvalue weighted by Gasteiger charge is -2.36. The predicted octanol–water partition coefficient (Wildman–Crippen LogP) is 2.19. The van der Waals surface area contributed by atoms with Crippen LogP contribution in [0.4, 0.5) is 24.9 Å². The number of aliphatic imine (C=N–C) groups is 1. The first kappa shape index (κ1) is 22.8. The van der Waals surface area contributed by atoms with E-state index in [1.54, 1.807) is 4.90 Å². The van der Waals surface area contributed by atoms with E-state index in [-0.39, 0.29) is 59.7 Å². The molecule has 1 aromatic rings. The Kier molecular flexibility index (Phi) is 5.34. The van der Waals surface area contributed by atoms with Gasteiger partial charge in [0.15, 0.2) is 10.1 Å². The van der Waals surface area contributed by atoms with Gasteiger partial charge in [0.1, 0.15) is 5.82 Å². The first-order valence-corrected chi connectivity index (χ1v) is 14.2. The number of thioether (sulfide) groups is 1.